The molecule has 0 radical (unpaired) electrons. The molecule has 152 valence electrons. The zero-order valence-electron chi connectivity index (χ0n) is 15.6. The second-order valence-electron chi connectivity index (χ2n) is 6.90. The van der Waals surface area contributed by atoms with Gasteiger partial charge in [0, 0.05) is 0 Å². The molecule has 0 unspecified atom stereocenters. The van der Waals surface area contributed by atoms with Gasteiger partial charge in [-0.3, -0.25) is 4.18 Å². The maximum Gasteiger partial charge on any atom is 0.434 e. The van der Waals surface area contributed by atoms with Crippen molar-refractivity contribution in [3.05, 3.63) is 52.3 Å². The third-order valence-electron chi connectivity index (χ3n) is 4.22. The molecule has 11 heteroatoms. The molecule has 1 fully saturated rings. The third-order valence-corrected chi connectivity index (χ3v) is 5.51. The van der Waals surface area contributed by atoms with Gasteiger partial charge in [0.2, 0.25) is 0 Å². The molecule has 1 aliphatic heterocycles. The Hall–Kier alpha value is -2.34. The van der Waals surface area contributed by atoms with Crippen molar-refractivity contribution < 1.29 is 27.0 Å². The summed E-state index contributed by atoms with van der Waals surface area (Å²) in [6, 6.07) is 6.28. The summed E-state index contributed by atoms with van der Waals surface area (Å²) in [6.45, 7) is 4.99. The molecule has 1 aromatic carbocycles. The Labute approximate surface area is 162 Å². The number of hydrogen-bond acceptors (Lipinski definition) is 8. The van der Waals surface area contributed by atoms with E-state index in [0.717, 1.165) is 5.56 Å². The van der Waals surface area contributed by atoms with E-state index in [-0.39, 0.29) is 24.0 Å². The summed E-state index contributed by atoms with van der Waals surface area (Å²) in [4.78, 5) is 14.2. The first-order valence-corrected chi connectivity index (χ1v) is 9.95. The van der Waals surface area contributed by atoms with Crippen LogP contribution < -0.4 is 0 Å². The number of ether oxygens (including phenoxy) is 2. The number of imidazole rings is 1. The van der Waals surface area contributed by atoms with Crippen molar-refractivity contribution in [2.45, 2.75) is 50.2 Å². The number of benzene rings is 1. The van der Waals surface area contributed by atoms with Crippen LogP contribution in [0.5, 0.6) is 0 Å². The van der Waals surface area contributed by atoms with Gasteiger partial charge in [0.1, 0.15) is 31.1 Å². The molecule has 0 saturated carbocycles. The van der Waals surface area contributed by atoms with Gasteiger partial charge in [0.15, 0.2) is 5.79 Å². The lowest BCUT2D eigenvalue weighted by Gasteiger charge is -2.16. The van der Waals surface area contributed by atoms with Gasteiger partial charge in [0.25, 0.3) is 10.1 Å². The molecular weight excluding hydrogens is 390 g/mol. The average molecular weight is 411 g/mol. The van der Waals surface area contributed by atoms with E-state index in [4.69, 9.17) is 13.7 Å². The van der Waals surface area contributed by atoms with E-state index in [1.165, 1.54) is 29.1 Å². The van der Waals surface area contributed by atoms with Crippen LogP contribution in [0.2, 0.25) is 0 Å². The second-order valence-corrected chi connectivity index (χ2v) is 8.52. The number of rotatable bonds is 7. The molecule has 28 heavy (non-hydrogen) atoms. The van der Waals surface area contributed by atoms with E-state index in [1.54, 1.807) is 26.0 Å². The first kappa shape index (κ1) is 20.4. The summed E-state index contributed by atoms with van der Waals surface area (Å²) >= 11 is 0. The number of hydrogen-bond donors (Lipinski definition) is 0. The van der Waals surface area contributed by atoms with E-state index >= 15 is 0 Å². The lowest BCUT2D eigenvalue weighted by atomic mass is 10.2. The van der Waals surface area contributed by atoms with Crippen molar-refractivity contribution in [1.29, 1.82) is 0 Å². The van der Waals surface area contributed by atoms with E-state index < -0.39 is 33.0 Å². The van der Waals surface area contributed by atoms with Crippen LogP contribution in [0.3, 0.4) is 0 Å². The average Bonchev–Trinajstić information content (AvgIpc) is 3.17. The molecule has 1 aliphatic rings. The lowest BCUT2D eigenvalue weighted by Crippen LogP contribution is -2.32. The fourth-order valence-electron chi connectivity index (χ4n) is 2.94. The Bertz CT molecular complexity index is 953. The van der Waals surface area contributed by atoms with Gasteiger partial charge in [-0.2, -0.15) is 8.42 Å². The van der Waals surface area contributed by atoms with Crippen LogP contribution in [0.25, 0.3) is 0 Å². The highest BCUT2D eigenvalue weighted by atomic mass is 32.2. The summed E-state index contributed by atoms with van der Waals surface area (Å²) in [5.41, 5.74) is 0.926. The van der Waals surface area contributed by atoms with Crippen LogP contribution >= 0.6 is 0 Å². The summed E-state index contributed by atoms with van der Waals surface area (Å²) in [5, 5.41) is 11.0. The van der Waals surface area contributed by atoms with Gasteiger partial charge in [-0.05, 0) is 37.8 Å². The Balaban J connectivity index is 1.72. The van der Waals surface area contributed by atoms with E-state index in [2.05, 4.69) is 4.98 Å². The summed E-state index contributed by atoms with van der Waals surface area (Å²) < 4.78 is 42.8. The molecule has 2 aromatic rings. The van der Waals surface area contributed by atoms with Crippen molar-refractivity contribution in [2.24, 2.45) is 0 Å². The second kappa shape index (κ2) is 7.59. The van der Waals surface area contributed by atoms with Crippen molar-refractivity contribution in [2.75, 3.05) is 6.61 Å². The van der Waals surface area contributed by atoms with E-state index in [9.17, 15) is 18.5 Å². The molecule has 0 N–H and O–H groups in total. The van der Waals surface area contributed by atoms with Crippen LogP contribution in [-0.2, 0) is 30.3 Å². The minimum absolute atomic E-state index is 0.0399. The number of aromatic nitrogens is 2. The van der Waals surface area contributed by atoms with Crippen molar-refractivity contribution in [3.8, 4) is 0 Å². The third kappa shape index (κ3) is 4.55. The predicted octanol–water partition coefficient (Wildman–Crippen LogP) is 2.03. The molecule has 3 rings (SSSR count). The van der Waals surface area contributed by atoms with E-state index in [1.807, 2.05) is 6.92 Å². The predicted molar refractivity (Wildman–Crippen MR) is 97.0 cm³/mol. The monoisotopic (exact) mass is 411 g/mol. The summed E-state index contributed by atoms with van der Waals surface area (Å²) in [5.74, 6) is -1.32. The smallest absolute Gasteiger partial charge is 0.390 e. The van der Waals surface area contributed by atoms with Crippen LogP contribution in [-0.4, -0.2) is 47.5 Å². The van der Waals surface area contributed by atoms with Crippen molar-refractivity contribution in [1.82, 2.24) is 9.55 Å². The fraction of sp³-hybridized carbons (Fsp3) is 0.471. The maximum absolute atomic E-state index is 12.4. The fourth-order valence-corrected chi connectivity index (χ4v) is 3.86. The highest BCUT2D eigenvalue weighted by Gasteiger charge is 2.43. The minimum atomic E-state index is -3.97. The van der Waals surface area contributed by atoms with Gasteiger partial charge in [-0.25, -0.2) is 4.57 Å². The summed E-state index contributed by atoms with van der Waals surface area (Å²) in [7, 11) is -3.97. The van der Waals surface area contributed by atoms with Gasteiger partial charge < -0.3 is 19.6 Å². The highest BCUT2D eigenvalue weighted by Crippen LogP contribution is 2.30. The Morgan fingerprint density at radius 2 is 1.89 bits per heavy atom. The normalized spacial score (nSPS) is 21.7. The molecule has 0 aliphatic carbocycles. The zero-order valence-corrected chi connectivity index (χ0v) is 16.5. The van der Waals surface area contributed by atoms with Gasteiger partial charge in [-0.1, -0.05) is 22.7 Å². The van der Waals surface area contributed by atoms with Gasteiger partial charge in [0.05, 0.1) is 11.5 Å². The largest absolute Gasteiger partial charge is 0.434 e. The molecule has 0 bridgehead atoms. The number of nitro groups is 1. The number of nitrogens with zero attached hydrogens (tertiary/aromatic N) is 3. The molecular formula is C17H21N3O7S. The zero-order chi connectivity index (χ0) is 20.5. The van der Waals surface area contributed by atoms with Gasteiger partial charge >= 0.3 is 5.95 Å². The first-order valence-electron chi connectivity index (χ1n) is 8.55. The van der Waals surface area contributed by atoms with Crippen LogP contribution in [0.4, 0.5) is 5.95 Å². The SMILES string of the molecule is Cc1ccc(S(=O)(=O)OC[C@H]2OC(C)(C)O[C@@H]2Cn2ccnc2[N+](=O)[O-])cc1. The molecule has 0 spiro atoms. The standard InChI is InChI=1S/C17H21N3O7S/c1-12-4-6-13(7-5-12)28(23,24)25-11-15-14(26-17(2,3)27-15)10-19-9-8-18-16(19)20(21)22/h4-9,14-15H,10-11H2,1-3H3/t14-,15-/m1/s1. The molecule has 1 saturated heterocycles. The first-order chi connectivity index (χ1) is 13.1. The van der Waals surface area contributed by atoms with E-state index in [0.29, 0.717) is 0 Å². The molecule has 0 amide bonds. The molecule has 10 nitrogen and oxygen atoms in total. The topological polar surface area (TPSA) is 123 Å². The van der Waals surface area contributed by atoms with Gasteiger partial charge in [-0.15, -0.1) is 0 Å². The minimum Gasteiger partial charge on any atom is -0.390 e. The number of aryl methyl sites for hydroxylation is 1. The molecule has 2 heterocycles. The summed E-state index contributed by atoms with van der Waals surface area (Å²) in [6.07, 6.45) is 1.37. The van der Waals surface area contributed by atoms with Crippen LogP contribution in [0.15, 0.2) is 41.6 Å². The Morgan fingerprint density at radius 1 is 1.25 bits per heavy atom. The molecule has 2 atom stereocenters. The Kier molecular flexibility index (Phi) is 5.53. The lowest BCUT2D eigenvalue weighted by molar-refractivity contribution is -0.397. The molecule has 1 aromatic heterocycles. The van der Waals surface area contributed by atoms with Crippen LogP contribution in [0.1, 0.15) is 19.4 Å². The van der Waals surface area contributed by atoms with Crippen LogP contribution in [0, 0.1) is 17.0 Å². The Morgan fingerprint density at radius 3 is 2.54 bits per heavy atom. The van der Waals surface area contributed by atoms with Crippen molar-refractivity contribution >= 4 is 16.1 Å². The maximum atomic E-state index is 12.4. The quantitative estimate of drug-likeness (QED) is 0.385. The highest BCUT2D eigenvalue weighted by molar-refractivity contribution is 7.86. The van der Waals surface area contributed by atoms with Crippen molar-refractivity contribution in [3.63, 3.8) is 0 Å².